The van der Waals surface area contributed by atoms with E-state index in [-0.39, 0.29) is 12.8 Å². The minimum absolute atomic E-state index is 0.139. The number of fused-ring (bicyclic) bond motifs is 2. The average molecular weight is 303 g/mol. The molecule has 2 aliphatic rings. The van der Waals surface area contributed by atoms with Gasteiger partial charge < -0.3 is 19.3 Å². The maximum atomic E-state index is 9.90. The number of likely N-dealkylation sites (N-methyl/N-ethyl adjacent to an activating group) is 1. The number of rotatable bonds is 1. The first kappa shape index (κ1) is 15.0. The quantitative estimate of drug-likeness (QED) is 0.801. The molecule has 1 atom stereocenters. The fourth-order valence-electron chi connectivity index (χ4n) is 2.86. The fourth-order valence-corrected chi connectivity index (χ4v) is 2.86. The summed E-state index contributed by atoms with van der Waals surface area (Å²) in [6.07, 6.45) is 0.902. The van der Waals surface area contributed by atoms with Crippen molar-refractivity contribution in [3.63, 3.8) is 0 Å². The second-order valence-corrected chi connectivity index (χ2v) is 6.18. The topological polar surface area (TPSA) is 51.2 Å². The standard InChI is InChI=1S/C17H21NO4/c1-17(2,19)7-5-12-14-11(6-8-18(12)3)9-13-15(16(14)20-4)22-10-21-13/h9,12,19H,6,8,10H2,1-4H3. The van der Waals surface area contributed by atoms with Gasteiger partial charge in [-0.2, -0.15) is 0 Å². The molecule has 5 heteroatoms. The van der Waals surface area contributed by atoms with Crippen LogP contribution < -0.4 is 14.2 Å². The largest absolute Gasteiger partial charge is 0.492 e. The molecular weight excluding hydrogens is 282 g/mol. The lowest BCUT2D eigenvalue weighted by Crippen LogP contribution is -2.32. The van der Waals surface area contributed by atoms with Crippen LogP contribution in [0.1, 0.15) is 31.0 Å². The van der Waals surface area contributed by atoms with E-state index in [1.165, 1.54) is 0 Å². The van der Waals surface area contributed by atoms with Crippen molar-refractivity contribution in [1.29, 1.82) is 0 Å². The van der Waals surface area contributed by atoms with Crippen LogP contribution in [0, 0.1) is 11.8 Å². The molecule has 0 saturated heterocycles. The van der Waals surface area contributed by atoms with E-state index in [4.69, 9.17) is 14.2 Å². The van der Waals surface area contributed by atoms with E-state index < -0.39 is 5.60 Å². The summed E-state index contributed by atoms with van der Waals surface area (Å²) in [6, 6.07) is 1.88. The lowest BCUT2D eigenvalue weighted by molar-refractivity contribution is 0.143. The van der Waals surface area contributed by atoms with Crippen molar-refractivity contribution in [3.05, 3.63) is 17.2 Å². The highest BCUT2D eigenvalue weighted by atomic mass is 16.7. The Balaban J connectivity index is 2.14. The van der Waals surface area contributed by atoms with Gasteiger partial charge in [-0.1, -0.05) is 11.8 Å². The van der Waals surface area contributed by atoms with Gasteiger partial charge in [0.15, 0.2) is 11.5 Å². The third-order valence-corrected chi connectivity index (χ3v) is 3.91. The van der Waals surface area contributed by atoms with Crippen molar-refractivity contribution < 1.29 is 19.3 Å². The fraction of sp³-hybridized carbons (Fsp3) is 0.529. The zero-order chi connectivity index (χ0) is 15.9. The number of aliphatic hydroxyl groups is 1. The van der Waals surface area contributed by atoms with Gasteiger partial charge in [-0.25, -0.2) is 0 Å². The molecular formula is C17H21NO4. The molecule has 0 spiro atoms. The maximum absolute atomic E-state index is 9.90. The summed E-state index contributed by atoms with van der Waals surface area (Å²) in [5.41, 5.74) is 1.15. The van der Waals surface area contributed by atoms with Crippen molar-refractivity contribution in [1.82, 2.24) is 4.90 Å². The van der Waals surface area contributed by atoms with Crippen LogP contribution in [-0.4, -0.2) is 43.1 Å². The molecule has 0 amide bonds. The number of methoxy groups -OCH3 is 1. The van der Waals surface area contributed by atoms with Gasteiger partial charge in [-0.15, -0.1) is 0 Å². The number of nitrogens with zero attached hydrogens (tertiary/aromatic N) is 1. The van der Waals surface area contributed by atoms with Gasteiger partial charge in [0, 0.05) is 12.1 Å². The monoisotopic (exact) mass is 303 g/mol. The number of hydrogen-bond acceptors (Lipinski definition) is 5. The Labute approximate surface area is 130 Å². The zero-order valence-corrected chi connectivity index (χ0v) is 13.4. The molecule has 3 rings (SSSR count). The molecule has 0 bridgehead atoms. The van der Waals surface area contributed by atoms with Crippen LogP contribution in [-0.2, 0) is 6.42 Å². The minimum atomic E-state index is -1.03. The number of hydrogen-bond donors (Lipinski definition) is 1. The normalized spacial score (nSPS) is 20.1. The van der Waals surface area contributed by atoms with E-state index in [0.717, 1.165) is 29.8 Å². The highest BCUT2D eigenvalue weighted by Crippen LogP contribution is 2.49. The summed E-state index contributed by atoms with van der Waals surface area (Å²) in [5.74, 6) is 8.16. The van der Waals surface area contributed by atoms with Crippen molar-refractivity contribution in [2.24, 2.45) is 0 Å². The predicted octanol–water partition coefficient (Wildman–Crippen LogP) is 1.73. The third-order valence-electron chi connectivity index (χ3n) is 3.91. The molecule has 22 heavy (non-hydrogen) atoms. The van der Waals surface area contributed by atoms with Crippen LogP contribution >= 0.6 is 0 Å². The second kappa shape index (κ2) is 5.38. The van der Waals surface area contributed by atoms with E-state index in [1.54, 1.807) is 21.0 Å². The Morgan fingerprint density at radius 3 is 2.86 bits per heavy atom. The van der Waals surface area contributed by atoms with Crippen LogP contribution in [0.2, 0.25) is 0 Å². The Bertz CT molecular complexity index is 651. The van der Waals surface area contributed by atoms with Gasteiger partial charge in [0.2, 0.25) is 12.5 Å². The van der Waals surface area contributed by atoms with Gasteiger partial charge in [0.1, 0.15) is 11.6 Å². The van der Waals surface area contributed by atoms with E-state index in [0.29, 0.717) is 11.5 Å². The minimum Gasteiger partial charge on any atom is -0.492 e. The van der Waals surface area contributed by atoms with E-state index in [1.807, 2.05) is 13.1 Å². The third kappa shape index (κ3) is 2.60. The second-order valence-electron chi connectivity index (χ2n) is 6.18. The first-order valence-corrected chi connectivity index (χ1v) is 7.35. The Morgan fingerprint density at radius 1 is 1.41 bits per heavy atom. The molecule has 1 aromatic carbocycles. The lowest BCUT2D eigenvalue weighted by atomic mass is 9.91. The SMILES string of the molecule is COc1c2c(cc3c1C(C#CC(C)(C)O)N(C)CC3)OCO2. The molecule has 2 heterocycles. The maximum Gasteiger partial charge on any atom is 0.231 e. The smallest absolute Gasteiger partial charge is 0.231 e. The first-order valence-electron chi connectivity index (χ1n) is 7.35. The first-order chi connectivity index (χ1) is 10.4. The molecule has 1 unspecified atom stereocenters. The van der Waals surface area contributed by atoms with Crippen molar-refractivity contribution in [2.45, 2.75) is 31.9 Å². The summed E-state index contributed by atoms with van der Waals surface area (Å²) >= 11 is 0. The van der Waals surface area contributed by atoms with Gasteiger partial charge in [-0.05, 0) is 38.9 Å². The summed E-state index contributed by atoms with van der Waals surface area (Å²) < 4.78 is 16.6. The van der Waals surface area contributed by atoms with Crippen LogP contribution in [0.25, 0.3) is 0 Å². The molecule has 1 aromatic rings. The zero-order valence-electron chi connectivity index (χ0n) is 13.4. The molecule has 0 radical (unpaired) electrons. The molecule has 0 aromatic heterocycles. The van der Waals surface area contributed by atoms with Crippen molar-refractivity contribution in [3.8, 4) is 29.1 Å². The lowest BCUT2D eigenvalue weighted by Gasteiger charge is -2.32. The number of benzene rings is 1. The predicted molar refractivity (Wildman–Crippen MR) is 82.3 cm³/mol. The van der Waals surface area contributed by atoms with Crippen LogP contribution in [0.4, 0.5) is 0 Å². The number of ether oxygens (including phenoxy) is 3. The van der Waals surface area contributed by atoms with Crippen molar-refractivity contribution >= 4 is 0 Å². The summed E-state index contributed by atoms with van der Waals surface area (Å²) in [5, 5.41) is 9.90. The Morgan fingerprint density at radius 2 is 2.18 bits per heavy atom. The molecule has 1 N–H and O–H groups in total. The Kier molecular flexibility index (Phi) is 3.67. The molecule has 118 valence electrons. The summed E-state index contributed by atoms with van der Waals surface area (Å²) in [7, 11) is 3.66. The molecule has 2 aliphatic heterocycles. The highest BCUT2D eigenvalue weighted by molar-refractivity contribution is 5.62. The van der Waals surface area contributed by atoms with E-state index >= 15 is 0 Å². The van der Waals surface area contributed by atoms with Gasteiger partial charge in [0.25, 0.3) is 0 Å². The summed E-state index contributed by atoms with van der Waals surface area (Å²) in [4.78, 5) is 2.16. The van der Waals surface area contributed by atoms with Gasteiger partial charge in [-0.3, -0.25) is 4.90 Å². The molecule has 0 saturated carbocycles. The van der Waals surface area contributed by atoms with Crippen molar-refractivity contribution in [2.75, 3.05) is 27.5 Å². The van der Waals surface area contributed by atoms with E-state index in [9.17, 15) is 5.11 Å². The van der Waals surface area contributed by atoms with Crippen LogP contribution in [0.15, 0.2) is 6.07 Å². The Hall–Kier alpha value is -1.90. The van der Waals surface area contributed by atoms with Gasteiger partial charge in [0.05, 0.1) is 7.11 Å². The molecule has 5 nitrogen and oxygen atoms in total. The van der Waals surface area contributed by atoms with E-state index in [2.05, 4.69) is 16.7 Å². The van der Waals surface area contributed by atoms with Crippen LogP contribution in [0.5, 0.6) is 17.2 Å². The molecule has 0 aliphatic carbocycles. The summed E-state index contributed by atoms with van der Waals surface area (Å²) in [6.45, 7) is 4.46. The van der Waals surface area contributed by atoms with Gasteiger partial charge >= 0.3 is 0 Å². The average Bonchev–Trinajstić information content (AvgIpc) is 2.91. The highest BCUT2D eigenvalue weighted by Gasteiger charge is 2.33. The molecule has 0 fully saturated rings. The van der Waals surface area contributed by atoms with Crippen LogP contribution in [0.3, 0.4) is 0 Å².